The SMILES string of the molecule is CCOc1ccccc1C=CC(=O)N(C)Cc1ncn[nH]1. The van der Waals surface area contributed by atoms with Crippen LogP contribution in [0.15, 0.2) is 36.7 Å². The molecule has 0 fully saturated rings. The number of H-pyrrole nitrogens is 1. The largest absolute Gasteiger partial charge is 0.493 e. The van der Waals surface area contributed by atoms with Gasteiger partial charge in [-0.1, -0.05) is 18.2 Å². The molecular weight excluding hydrogens is 268 g/mol. The number of amides is 1. The van der Waals surface area contributed by atoms with Gasteiger partial charge in [0.2, 0.25) is 5.91 Å². The third kappa shape index (κ3) is 4.17. The van der Waals surface area contributed by atoms with Crippen molar-refractivity contribution in [3.63, 3.8) is 0 Å². The topological polar surface area (TPSA) is 71.1 Å². The van der Waals surface area contributed by atoms with Crippen LogP contribution in [0, 0.1) is 0 Å². The van der Waals surface area contributed by atoms with Gasteiger partial charge < -0.3 is 9.64 Å². The molecule has 0 saturated carbocycles. The fraction of sp³-hybridized carbons (Fsp3) is 0.267. The fourth-order valence-corrected chi connectivity index (χ4v) is 1.80. The summed E-state index contributed by atoms with van der Waals surface area (Å²) in [6.07, 6.45) is 4.69. The van der Waals surface area contributed by atoms with E-state index in [0.717, 1.165) is 11.3 Å². The molecule has 1 aromatic heterocycles. The van der Waals surface area contributed by atoms with Gasteiger partial charge in [-0.2, -0.15) is 5.10 Å². The molecule has 6 heteroatoms. The Morgan fingerprint density at radius 1 is 1.43 bits per heavy atom. The van der Waals surface area contributed by atoms with E-state index in [1.807, 2.05) is 31.2 Å². The Balaban J connectivity index is 2.01. The van der Waals surface area contributed by atoms with Gasteiger partial charge in [0.15, 0.2) is 0 Å². The highest BCUT2D eigenvalue weighted by Crippen LogP contribution is 2.19. The minimum absolute atomic E-state index is 0.113. The van der Waals surface area contributed by atoms with Gasteiger partial charge in [-0.15, -0.1) is 0 Å². The summed E-state index contributed by atoms with van der Waals surface area (Å²) in [5.41, 5.74) is 0.876. The minimum atomic E-state index is -0.113. The van der Waals surface area contributed by atoms with Crippen LogP contribution in [0.5, 0.6) is 5.75 Å². The zero-order chi connectivity index (χ0) is 15.1. The summed E-state index contributed by atoms with van der Waals surface area (Å²) in [5, 5.41) is 6.48. The van der Waals surface area contributed by atoms with Crippen LogP contribution in [0.3, 0.4) is 0 Å². The zero-order valence-electron chi connectivity index (χ0n) is 12.1. The molecule has 1 heterocycles. The Kier molecular flexibility index (Phi) is 5.09. The van der Waals surface area contributed by atoms with Gasteiger partial charge in [-0.25, -0.2) is 4.98 Å². The molecule has 0 aliphatic carbocycles. The average Bonchev–Trinajstić information content (AvgIpc) is 2.99. The van der Waals surface area contributed by atoms with Crippen molar-refractivity contribution in [2.24, 2.45) is 0 Å². The lowest BCUT2D eigenvalue weighted by atomic mass is 10.2. The molecule has 2 aromatic rings. The summed E-state index contributed by atoms with van der Waals surface area (Å²) in [4.78, 5) is 17.6. The summed E-state index contributed by atoms with van der Waals surface area (Å²) in [6.45, 7) is 2.90. The van der Waals surface area contributed by atoms with Crippen molar-refractivity contribution in [1.82, 2.24) is 20.1 Å². The highest BCUT2D eigenvalue weighted by molar-refractivity contribution is 5.91. The molecule has 2 rings (SSSR count). The van der Waals surface area contributed by atoms with E-state index in [9.17, 15) is 4.79 Å². The fourth-order valence-electron chi connectivity index (χ4n) is 1.80. The third-order valence-electron chi connectivity index (χ3n) is 2.85. The van der Waals surface area contributed by atoms with Crippen LogP contribution >= 0.6 is 0 Å². The van der Waals surface area contributed by atoms with Crippen LogP contribution in [0.1, 0.15) is 18.3 Å². The molecule has 0 atom stereocenters. The third-order valence-corrected chi connectivity index (χ3v) is 2.85. The van der Waals surface area contributed by atoms with Crippen molar-refractivity contribution in [2.75, 3.05) is 13.7 Å². The summed E-state index contributed by atoms with van der Waals surface area (Å²) in [7, 11) is 1.71. The van der Waals surface area contributed by atoms with Crippen molar-refractivity contribution < 1.29 is 9.53 Å². The number of carbonyl (C=O) groups is 1. The van der Waals surface area contributed by atoms with Gasteiger partial charge in [-0.3, -0.25) is 9.89 Å². The van der Waals surface area contributed by atoms with Crippen molar-refractivity contribution in [1.29, 1.82) is 0 Å². The number of nitrogens with one attached hydrogen (secondary N) is 1. The predicted octanol–water partition coefficient (Wildman–Crippen LogP) is 1.88. The lowest BCUT2D eigenvalue weighted by molar-refractivity contribution is -0.125. The maximum absolute atomic E-state index is 12.0. The smallest absolute Gasteiger partial charge is 0.246 e. The van der Waals surface area contributed by atoms with Gasteiger partial charge in [0, 0.05) is 18.7 Å². The van der Waals surface area contributed by atoms with Gasteiger partial charge in [0.05, 0.1) is 13.2 Å². The molecular formula is C15H18N4O2. The molecule has 0 bridgehead atoms. The van der Waals surface area contributed by atoms with Gasteiger partial charge in [0.25, 0.3) is 0 Å². The number of carbonyl (C=O) groups excluding carboxylic acids is 1. The lowest BCUT2D eigenvalue weighted by Gasteiger charge is -2.13. The highest BCUT2D eigenvalue weighted by Gasteiger charge is 2.08. The van der Waals surface area contributed by atoms with Crippen molar-refractivity contribution >= 4 is 12.0 Å². The Morgan fingerprint density at radius 2 is 2.24 bits per heavy atom. The van der Waals surface area contributed by atoms with Crippen LogP contribution in [0.25, 0.3) is 6.08 Å². The van der Waals surface area contributed by atoms with Crippen molar-refractivity contribution in [3.8, 4) is 5.75 Å². The molecule has 1 aromatic carbocycles. The van der Waals surface area contributed by atoms with E-state index < -0.39 is 0 Å². The van der Waals surface area contributed by atoms with Crippen LogP contribution in [-0.2, 0) is 11.3 Å². The first-order valence-electron chi connectivity index (χ1n) is 6.70. The van der Waals surface area contributed by atoms with Crippen LogP contribution in [0.4, 0.5) is 0 Å². The molecule has 0 unspecified atom stereocenters. The number of aromatic amines is 1. The molecule has 0 radical (unpaired) electrons. The van der Waals surface area contributed by atoms with Gasteiger partial charge in [-0.05, 0) is 19.1 Å². The first-order chi connectivity index (χ1) is 10.2. The van der Waals surface area contributed by atoms with Gasteiger partial charge >= 0.3 is 0 Å². The van der Waals surface area contributed by atoms with E-state index in [-0.39, 0.29) is 5.91 Å². The molecule has 110 valence electrons. The first-order valence-corrected chi connectivity index (χ1v) is 6.70. The summed E-state index contributed by atoms with van der Waals surface area (Å²) in [6, 6.07) is 7.60. The summed E-state index contributed by atoms with van der Waals surface area (Å²) >= 11 is 0. The predicted molar refractivity (Wildman–Crippen MR) is 79.5 cm³/mol. The number of rotatable bonds is 6. The normalized spacial score (nSPS) is 10.8. The monoisotopic (exact) mass is 286 g/mol. The lowest BCUT2D eigenvalue weighted by Crippen LogP contribution is -2.24. The summed E-state index contributed by atoms with van der Waals surface area (Å²) < 4.78 is 5.52. The number of para-hydroxylation sites is 1. The zero-order valence-corrected chi connectivity index (χ0v) is 12.1. The molecule has 1 amide bonds. The number of nitrogens with zero attached hydrogens (tertiary/aromatic N) is 3. The molecule has 21 heavy (non-hydrogen) atoms. The first kappa shape index (κ1) is 14.8. The number of aromatic nitrogens is 3. The quantitative estimate of drug-likeness (QED) is 0.823. The van der Waals surface area contributed by atoms with Crippen LogP contribution < -0.4 is 4.74 Å². The molecule has 0 saturated heterocycles. The second kappa shape index (κ2) is 7.23. The molecule has 1 N–H and O–H groups in total. The summed E-state index contributed by atoms with van der Waals surface area (Å²) in [5.74, 6) is 1.30. The maximum Gasteiger partial charge on any atom is 0.246 e. The van der Waals surface area contributed by atoms with E-state index in [1.54, 1.807) is 18.0 Å². The second-order valence-corrected chi connectivity index (χ2v) is 4.43. The second-order valence-electron chi connectivity index (χ2n) is 4.43. The number of hydrogen-bond acceptors (Lipinski definition) is 4. The highest BCUT2D eigenvalue weighted by atomic mass is 16.5. The Morgan fingerprint density at radius 3 is 2.95 bits per heavy atom. The standard InChI is InChI=1S/C15H18N4O2/c1-3-21-13-7-5-4-6-12(13)8-9-15(20)19(2)10-14-16-11-17-18-14/h4-9,11H,3,10H2,1-2H3,(H,16,17,18). The minimum Gasteiger partial charge on any atom is -0.493 e. The number of likely N-dealkylation sites (N-methyl/N-ethyl adjacent to an activating group) is 1. The molecule has 0 spiro atoms. The van der Waals surface area contributed by atoms with Crippen LogP contribution in [0.2, 0.25) is 0 Å². The Bertz CT molecular complexity index is 608. The van der Waals surface area contributed by atoms with Crippen LogP contribution in [-0.4, -0.2) is 39.6 Å². The van der Waals surface area contributed by atoms with E-state index in [1.165, 1.54) is 12.4 Å². The van der Waals surface area contributed by atoms with E-state index >= 15 is 0 Å². The molecule has 0 aliphatic heterocycles. The van der Waals surface area contributed by atoms with E-state index in [0.29, 0.717) is 19.0 Å². The average molecular weight is 286 g/mol. The van der Waals surface area contributed by atoms with Gasteiger partial charge in [0.1, 0.15) is 17.9 Å². The Labute approximate surface area is 123 Å². The van der Waals surface area contributed by atoms with E-state index in [4.69, 9.17) is 4.74 Å². The molecule has 6 nitrogen and oxygen atoms in total. The van der Waals surface area contributed by atoms with E-state index in [2.05, 4.69) is 15.2 Å². The number of benzene rings is 1. The number of ether oxygens (including phenoxy) is 1. The maximum atomic E-state index is 12.0. The Hall–Kier alpha value is -2.63. The van der Waals surface area contributed by atoms with Crippen molar-refractivity contribution in [3.05, 3.63) is 48.1 Å². The van der Waals surface area contributed by atoms with Crippen molar-refractivity contribution in [2.45, 2.75) is 13.5 Å². The number of hydrogen-bond donors (Lipinski definition) is 1. The molecule has 0 aliphatic rings.